The van der Waals surface area contributed by atoms with Crippen molar-refractivity contribution in [3.8, 4) is 5.75 Å². The first-order valence-electron chi connectivity index (χ1n) is 6.43. The molecule has 0 spiro atoms. The van der Waals surface area contributed by atoms with Crippen LogP contribution in [0.4, 0.5) is 0 Å². The summed E-state index contributed by atoms with van der Waals surface area (Å²) in [6.07, 6.45) is 1.10. The number of hydrogen-bond donors (Lipinski definition) is 2. The van der Waals surface area contributed by atoms with E-state index in [1.807, 2.05) is 19.1 Å². The van der Waals surface area contributed by atoms with Gasteiger partial charge in [-0.05, 0) is 36.8 Å². The van der Waals surface area contributed by atoms with E-state index in [0.29, 0.717) is 5.75 Å². The van der Waals surface area contributed by atoms with Crippen LogP contribution in [-0.4, -0.2) is 31.7 Å². The Hall–Kier alpha value is -2.65. The standard InChI is InChI=1S/C14H14N2O6S/c1-10-3-2-4-11(7-10)21-9-13(17)16-15-8-12-5-6-14(22-12)23(18,19)20/h2-8H,9H2,1H3,(H,16,17)(H,18,19,20)/b15-8+. The second kappa shape index (κ2) is 7.07. The Morgan fingerprint density at radius 1 is 1.39 bits per heavy atom. The topological polar surface area (TPSA) is 118 Å². The highest BCUT2D eigenvalue weighted by Crippen LogP contribution is 2.12. The van der Waals surface area contributed by atoms with E-state index in [1.165, 1.54) is 6.07 Å². The van der Waals surface area contributed by atoms with Gasteiger partial charge in [-0.25, -0.2) is 5.43 Å². The molecule has 0 unspecified atom stereocenters. The number of carbonyl (C=O) groups excluding carboxylic acids is 1. The summed E-state index contributed by atoms with van der Waals surface area (Å²) < 4.78 is 40.4. The lowest BCUT2D eigenvalue weighted by atomic mass is 10.2. The van der Waals surface area contributed by atoms with Gasteiger partial charge in [-0.1, -0.05) is 12.1 Å². The SMILES string of the molecule is Cc1cccc(OCC(=O)N/N=C/c2ccc(S(=O)(=O)O)o2)c1. The molecule has 122 valence electrons. The monoisotopic (exact) mass is 338 g/mol. The van der Waals surface area contributed by atoms with Crippen molar-refractivity contribution in [1.82, 2.24) is 5.43 Å². The number of benzene rings is 1. The maximum absolute atomic E-state index is 11.5. The number of nitrogens with zero attached hydrogens (tertiary/aromatic N) is 1. The Kier molecular flexibility index (Phi) is 5.14. The van der Waals surface area contributed by atoms with Crippen LogP contribution in [0.5, 0.6) is 5.75 Å². The summed E-state index contributed by atoms with van der Waals surface area (Å²) in [5, 5.41) is 2.99. The smallest absolute Gasteiger partial charge is 0.328 e. The molecule has 1 heterocycles. The number of rotatable bonds is 6. The van der Waals surface area contributed by atoms with Crippen LogP contribution in [0.2, 0.25) is 0 Å². The third kappa shape index (κ3) is 5.24. The number of hydrazone groups is 1. The van der Waals surface area contributed by atoms with E-state index >= 15 is 0 Å². The first kappa shape index (κ1) is 16.7. The van der Waals surface area contributed by atoms with E-state index < -0.39 is 21.1 Å². The maximum Gasteiger partial charge on any atom is 0.328 e. The molecule has 9 heteroatoms. The molecule has 0 bridgehead atoms. The molecule has 2 N–H and O–H groups in total. The fraction of sp³-hybridized carbons (Fsp3) is 0.143. The van der Waals surface area contributed by atoms with Gasteiger partial charge >= 0.3 is 10.1 Å². The lowest BCUT2D eigenvalue weighted by Gasteiger charge is -2.05. The van der Waals surface area contributed by atoms with Crippen molar-refractivity contribution in [1.29, 1.82) is 0 Å². The normalized spacial score (nSPS) is 11.6. The van der Waals surface area contributed by atoms with Crippen LogP contribution in [0, 0.1) is 6.92 Å². The Bertz CT molecular complexity index is 825. The van der Waals surface area contributed by atoms with Crippen molar-refractivity contribution in [2.75, 3.05) is 6.61 Å². The average Bonchev–Trinajstić information content (AvgIpc) is 2.94. The molecule has 0 saturated carbocycles. The molecule has 0 aliphatic carbocycles. The Morgan fingerprint density at radius 3 is 2.83 bits per heavy atom. The maximum atomic E-state index is 11.5. The highest BCUT2D eigenvalue weighted by molar-refractivity contribution is 7.85. The summed E-state index contributed by atoms with van der Waals surface area (Å²) in [6.45, 7) is 1.68. The van der Waals surface area contributed by atoms with Gasteiger partial charge in [0.15, 0.2) is 6.61 Å². The fourth-order valence-electron chi connectivity index (χ4n) is 1.60. The highest BCUT2D eigenvalue weighted by Gasteiger charge is 2.14. The Balaban J connectivity index is 1.83. The van der Waals surface area contributed by atoms with Crippen LogP contribution in [0.25, 0.3) is 0 Å². The molecule has 0 atom stereocenters. The molecule has 0 radical (unpaired) electrons. The lowest BCUT2D eigenvalue weighted by Crippen LogP contribution is -2.24. The van der Waals surface area contributed by atoms with Gasteiger partial charge in [-0.15, -0.1) is 0 Å². The molecule has 0 aliphatic rings. The summed E-state index contributed by atoms with van der Waals surface area (Å²) in [6, 6.07) is 9.58. The average molecular weight is 338 g/mol. The van der Waals surface area contributed by atoms with E-state index in [4.69, 9.17) is 13.7 Å². The second-order valence-corrected chi connectivity index (χ2v) is 5.88. The van der Waals surface area contributed by atoms with Crippen molar-refractivity contribution in [2.24, 2.45) is 5.10 Å². The van der Waals surface area contributed by atoms with Gasteiger partial charge in [0.2, 0.25) is 5.09 Å². The van der Waals surface area contributed by atoms with Crippen molar-refractivity contribution in [3.63, 3.8) is 0 Å². The zero-order chi connectivity index (χ0) is 16.9. The molecular formula is C14H14N2O6S. The zero-order valence-corrected chi connectivity index (χ0v) is 12.9. The molecule has 1 aromatic heterocycles. The molecule has 23 heavy (non-hydrogen) atoms. The number of ether oxygens (including phenoxy) is 1. The van der Waals surface area contributed by atoms with E-state index in [-0.39, 0.29) is 12.4 Å². The van der Waals surface area contributed by atoms with Crippen LogP contribution >= 0.6 is 0 Å². The summed E-state index contributed by atoms with van der Waals surface area (Å²) in [5.74, 6) is 0.120. The third-order valence-corrected chi connectivity index (χ3v) is 3.32. The zero-order valence-electron chi connectivity index (χ0n) is 12.1. The van der Waals surface area contributed by atoms with Crippen molar-refractivity contribution in [2.45, 2.75) is 12.0 Å². The van der Waals surface area contributed by atoms with E-state index in [2.05, 4.69) is 10.5 Å². The van der Waals surface area contributed by atoms with Crippen LogP contribution in [0.1, 0.15) is 11.3 Å². The lowest BCUT2D eigenvalue weighted by molar-refractivity contribution is -0.123. The molecule has 0 aliphatic heterocycles. The van der Waals surface area contributed by atoms with Gasteiger partial charge in [-0.2, -0.15) is 13.5 Å². The Labute approximate surface area is 132 Å². The summed E-state index contributed by atoms with van der Waals surface area (Å²) in [7, 11) is -4.40. The van der Waals surface area contributed by atoms with Crippen LogP contribution in [0.3, 0.4) is 0 Å². The molecular weight excluding hydrogens is 324 g/mol. The van der Waals surface area contributed by atoms with E-state index in [1.54, 1.807) is 12.1 Å². The quantitative estimate of drug-likeness (QED) is 0.466. The number of carbonyl (C=O) groups is 1. The van der Waals surface area contributed by atoms with Gasteiger partial charge in [-0.3, -0.25) is 9.35 Å². The second-order valence-electron chi connectivity index (χ2n) is 4.53. The van der Waals surface area contributed by atoms with Gasteiger partial charge < -0.3 is 9.15 Å². The van der Waals surface area contributed by atoms with Gasteiger partial charge in [0, 0.05) is 0 Å². The van der Waals surface area contributed by atoms with Gasteiger partial charge in [0.05, 0.1) is 6.21 Å². The third-order valence-electron chi connectivity index (χ3n) is 2.60. The van der Waals surface area contributed by atoms with Crippen molar-refractivity contribution >= 4 is 22.2 Å². The first-order valence-corrected chi connectivity index (χ1v) is 7.87. The Morgan fingerprint density at radius 2 is 2.17 bits per heavy atom. The number of amides is 1. The summed E-state index contributed by atoms with van der Waals surface area (Å²) >= 11 is 0. The predicted molar refractivity (Wildman–Crippen MR) is 80.9 cm³/mol. The fourth-order valence-corrected chi connectivity index (χ4v) is 2.04. The van der Waals surface area contributed by atoms with Crippen molar-refractivity contribution in [3.05, 3.63) is 47.7 Å². The minimum atomic E-state index is -4.40. The van der Waals surface area contributed by atoms with Crippen molar-refractivity contribution < 1.29 is 26.9 Å². The number of hydrogen-bond acceptors (Lipinski definition) is 6. The largest absolute Gasteiger partial charge is 0.484 e. The molecule has 1 amide bonds. The molecule has 0 saturated heterocycles. The predicted octanol–water partition coefficient (Wildman–Crippen LogP) is 1.36. The van der Waals surface area contributed by atoms with Gasteiger partial charge in [0.1, 0.15) is 11.5 Å². The summed E-state index contributed by atoms with van der Waals surface area (Å²) in [4.78, 5) is 11.5. The first-order chi connectivity index (χ1) is 10.8. The molecule has 8 nitrogen and oxygen atoms in total. The summed E-state index contributed by atoms with van der Waals surface area (Å²) in [5.41, 5.74) is 3.21. The minimum Gasteiger partial charge on any atom is -0.484 e. The van der Waals surface area contributed by atoms with E-state index in [9.17, 15) is 13.2 Å². The highest BCUT2D eigenvalue weighted by atomic mass is 32.2. The number of furan rings is 1. The van der Waals surface area contributed by atoms with Crippen LogP contribution < -0.4 is 10.2 Å². The van der Waals surface area contributed by atoms with Crippen LogP contribution in [0.15, 0.2) is 51.0 Å². The molecule has 2 aromatic rings. The minimum absolute atomic E-state index is 0.0533. The number of aryl methyl sites for hydroxylation is 1. The van der Waals surface area contributed by atoms with Crippen LogP contribution in [-0.2, 0) is 14.9 Å². The van der Waals surface area contributed by atoms with E-state index in [0.717, 1.165) is 17.8 Å². The van der Waals surface area contributed by atoms with Gasteiger partial charge in [0.25, 0.3) is 5.91 Å². The number of nitrogens with one attached hydrogen (secondary N) is 1. The molecule has 0 fully saturated rings. The molecule has 2 rings (SSSR count). The molecule has 1 aromatic carbocycles.